The number of nitrogens with two attached hydrogens (primary N) is 1. The molecule has 3 aliphatic rings. The van der Waals surface area contributed by atoms with E-state index in [0.29, 0.717) is 37.9 Å². The number of carbonyl (C=O) groups excluding carboxylic acids is 2. The lowest BCUT2D eigenvalue weighted by molar-refractivity contribution is -0.122. The molecular formula is C23H23ClN6O3S. The van der Waals surface area contributed by atoms with E-state index in [1.807, 2.05) is 0 Å². The molecule has 0 aromatic carbocycles. The Balaban J connectivity index is 1.45. The summed E-state index contributed by atoms with van der Waals surface area (Å²) >= 11 is 8.06. The van der Waals surface area contributed by atoms with Gasteiger partial charge in [-0.2, -0.15) is 0 Å². The predicted octanol–water partition coefficient (Wildman–Crippen LogP) is 3.20. The Kier molecular flexibility index (Phi) is 4.93. The maximum absolute atomic E-state index is 13.7. The number of nitrogens with one attached hydrogen (secondary N) is 2. The first-order chi connectivity index (χ1) is 16.4. The zero-order valence-corrected chi connectivity index (χ0v) is 19.9. The number of amides is 2. The van der Waals surface area contributed by atoms with E-state index in [0.717, 1.165) is 39.9 Å². The quantitative estimate of drug-likeness (QED) is 0.508. The largest absolute Gasteiger partial charge is 0.369 e. The minimum atomic E-state index is -0.727. The van der Waals surface area contributed by atoms with Crippen LogP contribution in [-0.2, 0) is 23.3 Å². The number of thiophene rings is 1. The first kappa shape index (κ1) is 21.5. The summed E-state index contributed by atoms with van der Waals surface area (Å²) in [6.07, 6.45) is 7.75. The van der Waals surface area contributed by atoms with Gasteiger partial charge in [-0.15, -0.1) is 11.3 Å². The van der Waals surface area contributed by atoms with Gasteiger partial charge in [0.2, 0.25) is 5.91 Å². The molecule has 2 amide bonds. The third-order valence-corrected chi connectivity index (χ3v) is 8.78. The molecule has 0 saturated heterocycles. The highest BCUT2D eigenvalue weighted by Crippen LogP contribution is 2.41. The van der Waals surface area contributed by atoms with Crippen molar-refractivity contribution in [3.05, 3.63) is 43.9 Å². The van der Waals surface area contributed by atoms with Crippen LogP contribution in [0.3, 0.4) is 0 Å². The standard InChI is InChI=1S/C23H23ClN6O3S/c24-13-9-14(22(33)30-17(13)20(32)29-23(30)6-2-1-3-7-23)28-19-16-12-5-4-11(18(25)31)8-15(12)34-21(16)27-10-26-19/h9-11H,1-8H2,(H2,25,31)(H,29,32)(H,26,27,28)/t11-/m0/s1. The molecule has 1 spiro atoms. The normalized spacial score (nSPS) is 20.7. The Morgan fingerprint density at radius 2 is 2.06 bits per heavy atom. The van der Waals surface area contributed by atoms with Crippen molar-refractivity contribution in [3.63, 3.8) is 0 Å². The smallest absolute Gasteiger partial charge is 0.276 e. The van der Waals surface area contributed by atoms with E-state index < -0.39 is 5.66 Å². The molecule has 6 rings (SSSR count). The summed E-state index contributed by atoms with van der Waals surface area (Å²) in [6, 6.07) is 1.51. The van der Waals surface area contributed by atoms with Gasteiger partial charge >= 0.3 is 0 Å². The minimum absolute atomic E-state index is 0.179. The highest BCUT2D eigenvalue weighted by atomic mass is 35.5. The van der Waals surface area contributed by atoms with E-state index in [4.69, 9.17) is 17.3 Å². The molecule has 3 aromatic rings. The van der Waals surface area contributed by atoms with Gasteiger partial charge in [-0.1, -0.05) is 18.0 Å². The van der Waals surface area contributed by atoms with E-state index in [-0.39, 0.29) is 39.7 Å². The van der Waals surface area contributed by atoms with Crippen LogP contribution < -0.4 is 21.9 Å². The van der Waals surface area contributed by atoms with Crippen LogP contribution in [0, 0.1) is 5.92 Å². The predicted molar refractivity (Wildman–Crippen MR) is 130 cm³/mol. The van der Waals surface area contributed by atoms with Crippen molar-refractivity contribution < 1.29 is 9.59 Å². The summed E-state index contributed by atoms with van der Waals surface area (Å²) < 4.78 is 1.55. The summed E-state index contributed by atoms with van der Waals surface area (Å²) in [5.41, 5.74) is 6.09. The molecule has 1 aliphatic heterocycles. The van der Waals surface area contributed by atoms with Gasteiger partial charge in [0.15, 0.2) is 0 Å². The fourth-order valence-electron chi connectivity index (χ4n) is 5.68. The van der Waals surface area contributed by atoms with Gasteiger partial charge in [0, 0.05) is 10.8 Å². The zero-order valence-electron chi connectivity index (χ0n) is 18.3. The molecule has 4 heterocycles. The number of halogens is 1. The van der Waals surface area contributed by atoms with Gasteiger partial charge in [-0.25, -0.2) is 9.97 Å². The number of hydrogen-bond acceptors (Lipinski definition) is 7. The van der Waals surface area contributed by atoms with Gasteiger partial charge in [0.1, 0.15) is 34.0 Å². The lowest BCUT2D eigenvalue weighted by Gasteiger charge is -2.35. The molecule has 0 unspecified atom stereocenters. The number of primary amides is 1. The zero-order chi connectivity index (χ0) is 23.6. The van der Waals surface area contributed by atoms with Crippen molar-refractivity contribution in [2.24, 2.45) is 11.7 Å². The summed E-state index contributed by atoms with van der Waals surface area (Å²) in [7, 11) is 0. The van der Waals surface area contributed by atoms with Crippen molar-refractivity contribution in [1.82, 2.24) is 19.9 Å². The molecular weight excluding hydrogens is 476 g/mol. The fraction of sp³-hybridized carbons (Fsp3) is 0.435. The van der Waals surface area contributed by atoms with Crippen molar-refractivity contribution in [3.8, 4) is 0 Å². The molecule has 9 nitrogen and oxygen atoms in total. The Morgan fingerprint density at radius 1 is 1.26 bits per heavy atom. The molecule has 1 atom stereocenters. The molecule has 34 heavy (non-hydrogen) atoms. The monoisotopic (exact) mass is 498 g/mol. The van der Waals surface area contributed by atoms with Gasteiger partial charge in [0.25, 0.3) is 11.5 Å². The number of hydrogen-bond donors (Lipinski definition) is 3. The molecule has 176 valence electrons. The number of aromatic nitrogens is 3. The summed E-state index contributed by atoms with van der Waals surface area (Å²) in [5.74, 6) is -0.255. The van der Waals surface area contributed by atoms with Crippen LogP contribution in [0.2, 0.25) is 5.02 Å². The SMILES string of the molecule is NC(=O)[C@H]1CCc2c(sc3ncnc(Nc4cc(Cl)c5n(c4=O)C4(CCCCC4)NC5=O)c23)C1. The lowest BCUT2D eigenvalue weighted by Crippen LogP contribution is -2.48. The molecule has 3 aromatic heterocycles. The van der Waals surface area contributed by atoms with Crippen LogP contribution in [0.1, 0.15) is 59.5 Å². The average Bonchev–Trinajstić information content (AvgIpc) is 3.33. The van der Waals surface area contributed by atoms with Crippen LogP contribution in [0.4, 0.5) is 11.5 Å². The van der Waals surface area contributed by atoms with Crippen LogP contribution in [0.5, 0.6) is 0 Å². The Bertz CT molecular complexity index is 1420. The van der Waals surface area contributed by atoms with E-state index in [2.05, 4.69) is 20.6 Å². The van der Waals surface area contributed by atoms with E-state index in [9.17, 15) is 14.4 Å². The second-order valence-electron chi connectivity index (χ2n) is 9.31. The van der Waals surface area contributed by atoms with Gasteiger partial charge in [-0.3, -0.25) is 19.0 Å². The maximum atomic E-state index is 13.7. The van der Waals surface area contributed by atoms with E-state index in [1.54, 1.807) is 4.57 Å². The van der Waals surface area contributed by atoms with Crippen LogP contribution in [0.15, 0.2) is 17.2 Å². The number of pyridine rings is 1. The molecule has 11 heteroatoms. The number of aryl methyl sites for hydroxylation is 1. The van der Waals surface area contributed by atoms with Crippen LogP contribution >= 0.6 is 22.9 Å². The third-order valence-electron chi connectivity index (χ3n) is 7.33. The Labute approximate surface area is 203 Å². The first-order valence-corrected chi connectivity index (χ1v) is 12.7. The second kappa shape index (κ2) is 7.78. The van der Waals surface area contributed by atoms with Gasteiger partial charge in [0.05, 0.1) is 10.4 Å². The maximum Gasteiger partial charge on any atom is 0.276 e. The molecule has 0 radical (unpaired) electrons. The van der Waals surface area contributed by atoms with Crippen molar-refractivity contribution in [1.29, 1.82) is 0 Å². The number of anilines is 2. The van der Waals surface area contributed by atoms with Crippen molar-refractivity contribution >= 4 is 56.5 Å². The minimum Gasteiger partial charge on any atom is -0.369 e. The third kappa shape index (κ3) is 3.15. The van der Waals surface area contributed by atoms with Crippen LogP contribution in [-0.4, -0.2) is 26.3 Å². The number of carbonyl (C=O) groups is 2. The van der Waals surface area contributed by atoms with E-state index in [1.165, 1.54) is 23.7 Å². The number of fused-ring (bicyclic) bond motifs is 5. The molecule has 1 saturated carbocycles. The summed E-state index contributed by atoms with van der Waals surface area (Å²) in [4.78, 5) is 48.8. The van der Waals surface area contributed by atoms with E-state index >= 15 is 0 Å². The van der Waals surface area contributed by atoms with Gasteiger partial charge in [-0.05, 0) is 56.6 Å². The summed E-state index contributed by atoms with van der Waals surface area (Å²) in [6.45, 7) is 0. The average molecular weight is 499 g/mol. The molecule has 0 bridgehead atoms. The summed E-state index contributed by atoms with van der Waals surface area (Å²) in [5, 5.41) is 7.32. The Morgan fingerprint density at radius 3 is 2.82 bits per heavy atom. The second-order valence-corrected chi connectivity index (χ2v) is 10.8. The van der Waals surface area contributed by atoms with Crippen molar-refractivity contribution in [2.45, 2.75) is 57.0 Å². The van der Waals surface area contributed by atoms with Gasteiger partial charge < -0.3 is 16.4 Å². The Hall–Kier alpha value is -2.98. The molecule has 2 aliphatic carbocycles. The highest BCUT2D eigenvalue weighted by molar-refractivity contribution is 7.19. The molecule has 4 N–H and O–H groups in total. The topological polar surface area (TPSA) is 132 Å². The van der Waals surface area contributed by atoms with Crippen molar-refractivity contribution in [2.75, 3.05) is 5.32 Å². The highest BCUT2D eigenvalue weighted by Gasteiger charge is 2.45. The first-order valence-electron chi connectivity index (χ1n) is 11.5. The van der Waals surface area contributed by atoms with Crippen LogP contribution in [0.25, 0.3) is 10.2 Å². The fourth-order valence-corrected chi connectivity index (χ4v) is 7.23. The lowest BCUT2D eigenvalue weighted by atomic mass is 9.87. The molecule has 1 fully saturated rings. The number of rotatable bonds is 3. The number of nitrogens with zero attached hydrogens (tertiary/aromatic N) is 3.